The first kappa shape index (κ1) is 10.9. The van der Waals surface area contributed by atoms with Gasteiger partial charge in [0.25, 0.3) is 0 Å². The Morgan fingerprint density at radius 3 is 1.93 bits per heavy atom. The summed E-state index contributed by atoms with van der Waals surface area (Å²) in [6, 6.07) is 0. The van der Waals surface area contributed by atoms with E-state index in [-0.39, 0.29) is 19.6 Å². The van der Waals surface area contributed by atoms with Crippen LogP contribution in [0.5, 0.6) is 0 Å². The quantitative estimate of drug-likeness (QED) is 0.452. The van der Waals surface area contributed by atoms with E-state index in [1.807, 2.05) is 0 Å². The Balaban J connectivity index is 2.73. The molecule has 0 aromatic heterocycles. The molecule has 1 saturated heterocycles. The second-order valence-corrected chi connectivity index (χ2v) is 2.90. The van der Waals surface area contributed by atoms with Crippen LogP contribution in [0, 0.1) is 0 Å². The molecular formula is C8H12O6. The third kappa shape index (κ3) is 2.43. The second kappa shape index (κ2) is 4.39. The lowest BCUT2D eigenvalue weighted by atomic mass is 10.2. The molecule has 1 heterocycles. The van der Waals surface area contributed by atoms with Gasteiger partial charge in [0.15, 0.2) is 0 Å². The molecule has 0 saturated carbocycles. The molecule has 80 valence electrons. The Labute approximate surface area is 81.1 Å². The molecule has 1 fully saturated rings. The highest BCUT2D eigenvalue weighted by Gasteiger charge is 2.43. The summed E-state index contributed by atoms with van der Waals surface area (Å²) in [6.07, 6.45) is -0.366. The summed E-state index contributed by atoms with van der Waals surface area (Å²) >= 11 is 0. The van der Waals surface area contributed by atoms with Crippen LogP contribution in [-0.2, 0) is 28.5 Å². The fourth-order valence-electron chi connectivity index (χ4n) is 1.23. The fraction of sp³-hybridized carbons (Fsp3) is 0.750. The van der Waals surface area contributed by atoms with Crippen molar-refractivity contribution in [1.29, 1.82) is 0 Å². The van der Waals surface area contributed by atoms with Crippen molar-refractivity contribution in [1.82, 2.24) is 0 Å². The van der Waals surface area contributed by atoms with Crippen LogP contribution in [0.3, 0.4) is 0 Å². The minimum Gasteiger partial charge on any atom is -0.417 e. The van der Waals surface area contributed by atoms with E-state index in [9.17, 15) is 9.59 Å². The smallest absolute Gasteiger partial charge is 0.320 e. The first-order valence-electron chi connectivity index (χ1n) is 4.03. The number of ether oxygens (including phenoxy) is 4. The first-order chi connectivity index (χ1) is 6.62. The maximum absolute atomic E-state index is 11.0. The standard InChI is InChI=1S/C8H12O6/c1-11-4-8(5-12-2)13-6(9)3-7(10)14-8/h3-5H2,1-2H3. The fourth-order valence-corrected chi connectivity index (χ4v) is 1.23. The second-order valence-electron chi connectivity index (χ2n) is 2.90. The predicted molar refractivity (Wildman–Crippen MR) is 43.3 cm³/mol. The average molecular weight is 204 g/mol. The van der Waals surface area contributed by atoms with Gasteiger partial charge >= 0.3 is 17.7 Å². The zero-order valence-electron chi connectivity index (χ0n) is 8.07. The van der Waals surface area contributed by atoms with Crippen LogP contribution in [0.15, 0.2) is 0 Å². The van der Waals surface area contributed by atoms with Gasteiger partial charge < -0.3 is 18.9 Å². The molecule has 0 amide bonds. The minimum atomic E-state index is -1.42. The van der Waals surface area contributed by atoms with E-state index in [0.717, 1.165) is 0 Å². The minimum absolute atomic E-state index is 0.0433. The maximum Gasteiger partial charge on any atom is 0.320 e. The average Bonchev–Trinajstić information content (AvgIpc) is 2.02. The Kier molecular flexibility index (Phi) is 3.43. The Morgan fingerprint density at radius 2 is 1.57 bits per heavy atom. The number of hydrogen-bond donors (Lipinski definition) is 0. The van der Waals surface area contributed by atoms with Crippen molar-refractivity contribution in [2.24, 2.45) is 0 Å². The van der Waals surface area contributed by atoms with Crippen LogP contribution in [0.25, 0.3) is 0 Å². The van der Waals surface area contributed by atoms with Gasteiger partial charge in [0.2, 0.25) is 0 Å². The Bertz CT molecular complexity index is 212. The van der Waals surface area contributed by atoms with Crippen LogP contribution >= 0.6 is 0 Å². The van der Waals surface area contributed by atoms with Gasteiger partial charge in [-0.25, -0.2) is 0 Å². The van der Waals surface area contributed by atoms with E-state index in [2.05, 4.69) is 0 Å². The number of carbonyl (C=O) groups excluding carboxylic acids is 2. The Morgan fingerprint density at radius 1 is 1.14 bits per heavy atom. The van der Waals surface area contributed by atoms with Gasteiger partial charge in [-0.3, -0.25) is 9.59 Å². The lowest BCUT2D eigenvalue weighted by Gasteiger charge is -2.34. The molecule has 1 aliphatic heterocycles. The summed E-state index contributed by atoms with van der Waals surface area (Å²) < 4.78 is 19.4. The normalized spacial score (nSPS) is 20.1. The van der Waals surface area contributed by atoms with Crippen molar-refractivity contribution >= 4 is 11.9 Å². The summed E-state index contributed by atoms with van der Waals surface area (Å²) in [4.78, 5) is 22.0. The van der Waals surface area contributed by atoms with Gasteiger partial charge in [0.1, 0.15) is 19.6 Å². The van der Waals surface area contributed by atoms with Crippen molar-refractivity contribution in [3.63, 3.8) is 0 Å². The van der Waals surface area contributed by atoms with Gasteiger partial charge in [0.05, 0.1) is 0 Å². The van der Waals surface area contributed by atoms with Crippen molar-refractivity contribution < 1.29 is 28.5 Å². The number of hydrogen-bond acceptors (Lipinski definition) is 6. The lowest BCUT2D eigenvalue weighted by Crippen LogP contribution is -2.51. The number of esters is 2. The molecule has 1 rings (SSSR count). The zero-order chi connectivity index (χ0) is 10.6. The van der Waals surface area contributed by atoms with E-state index in [0.29, 0.717) is 0 Å². The molecular weight excluding hydrogens is 192 g/mol. The highest BCUT2D eigenvalue weighted by Crippen LogP contribution is 2.21. The molecule has 1 aliphatic rings. The van der Waals surface area contributed by atoms with Gasteiger partial charge in [-0.1, -0.05) is 0 Å². The van der Waals surface area contributed by atoms with Gasteiger partial charge in [-0.15, -0.1) is 0 Å². The van der Waals surface area contributed by atoms with Gasteiger partial charge in [0, 0.05) is 14.2 Å². The number of methoxy groups -OCH3 is 2. The highest BCUT2D eigenvalue weighted by molar-refractivity contribution is 5.93. The SMILES string of the molecule is COCC1(COC)OC(=O)CC(=O)O1. The van der Waals surface area contributed by atoms with E-state index < -0.39 is 17.7 Å². The molecule has 0 unspecified atom stereocenters. The summed E-state index contributed by atoms with van der Waals surface area (Å²) in [5, 5.41) is 0. The third-order valence-electron chi connectivity index (χ3n) is 1.62. The topological polar surface area (TPSA) is 71.1 Å². The van der Waals surface area contributed by atoms with E-state index in [1.165, 1.54) is 14.2 Å². The lowest BCUT2D eigenvalue weighted by molar-refractivity contribution is -0.269. The summed E-state index contributed by atoms with van der Waals surface area (Å²) in [6.45, 7) is -0.0867. The van der Waals surface area contributed by atoms with Crippen molar-refractivity contribution in [3.05, 3.63) is 0 Å². The van der Waals surface area contributed by atoms with Crippen LogP contribution in [0.4, 0.5) is 0 Å². The predicted octanol–water partition coefficient (Wildman–Crippen LogP) is -0.534. The molecule has 0 radical (unpaired) electrons. The van der Waals surface area contributed by atoms with Crippen LogP contribution in [0.1, 0.15) is 6.42 Å². The zero-order valence-corrected chi connectivity index (χ0v) is 8.07. The number of carbonyl (C=O) groups is 2. The number of cyclic esters (lactones) is 2. The third-order valence-corrected chi connectivity index (χ3v) is 1.62. The molecule has 0 bridgehead atoms. The molecule has 6 nitrogen and oxygen atoms in total. The van der Waals surface area contributed by atoms with Crippen molar-refractivity contribution in [3.8, 4) is 0 Å². The van der Waals surface area contributed by atoms with Crippen molar-refractivity contribution in [2.45, 2.75) is 12.2 Å². The summed E-state index contributed by atoms with van der Waals surface area (Å²) in [7, 11) is 2.82. The molecule has 0 aromatic rings. The molecule has 0 aromatic carbocycles. The van der Waals surface area contributed by atoms with Gasteiger partial charge in [-0.05, 0) is 0 Å². The monoisotopic (exact) mass is 204 g/mol. The number of rotatable bonds is 4. The Hall–Kier alpha value is -1.14. The van der Waals surface area contributed by atoms with Crippen LogP contribution in [-0.4, -0.2) is 45.2 Å². The maximum atomic E-state index is 11.0. The molecule has 0 spiro atoms. The van der Waals surface area contributed by atoms with Crippen molar-refractivity contribution in [2.75, 3.05) is 27.4 Å². The molecule has 0 aliphatic carbocycles. The highest BCUT2D eigenvalue weighted by atomic mass is 16.8. The van der Waals surface area contributed by atoms with Crippen LogP contribution in [0.2, 0.25) is 0 Å². The van der Waals surface area contributed by atoms with Gasteiger partial charge in [-0.2, -0.15) is 0 Å². The molecule has 0 N–H and O–H groups in total. The molecule has 6 heteroatoms. The van der Waals surface area contributed by atoms with E-state index in [1.54, 1.807) is 0 Å². The van der Waals surface area contributed by atoms with Crippen LogP contribution < -0.4 is 0 Å². The summed E-state index contributed by atoms with van der Waals surface area (Å²) in [5.41, 5.74) is 0. The molecule has 14 heavy (non-hydrogen) atoms. The van der Waals surface area contributed by atoms with E-state index in [4.69, 9.17) is 18.9 Å². The summed E-state index contributed by atoms with van der Waals surface area (Å²) in [5.74, 6) is -2.68. The first-order valence-corrected chi connectivity index (χ1v) is 4.03. The van der Waals surface area contributed by atoms with E-state index >= 15 is 0 Å². The molecule has 0 atom stereocenters. The largest absolute Gasteiger partial charge is 0.417 e.